The van der Waals surface area contributed by atoms with Gasteiger partial charge in [0.15, 0.2) is 0 Å². The largest absolute Gasteiger partial charge is 0.370 e. The first-order valence-corrected chi connectivity index (χ1v) is 9.46. The van der Waals surface area contributed by atoms with Crippen LogP contribution in [-0.2, 0) is 14.2 Å². The minimum absolute atomic E-state index is 0.145. The smallest absolute Gasteiger partial charge is 0.0844 e. The third kappa shape index (κ3) is 3.89. The predicted molar refractivity (Wildman–Crippen MR) is 90.3 cm³/mol. The van der Waals surface area contributed by atoms with Gasteiger partial charge in [-0.1, -0.05) is 12.2 Å². The molecule has 2 heterocycles. The van der Waals surface area contributed by atoms with E-state index in [9.17, 15) is 0 Å². The first-order chi connectivity index (χ1) is 11.2. The Balaban J connectivity index is 1.24. The van der Waals surface area contributed by atoms with Crippen LogP contribution in [-0.4, -0.2) is 36.6 Å². The van der Waals surface area contributed by atoms with Crippen molar-refractivity contribution in [3.05, 3.63) is 25.3 Å². The maximum absolute atomic E-state index is 6.33. The molecule has 4 rings (SSSR count). The van der Waals surface area contributed by atoms with E-state index in [-0.39, 0.29) is 12.2 Å². The molecule has 0 bridgehead atoms. The van der Waals surface area contributed by atoms with Crippen molar-refractivity contribution >= 4 is 0 Å². The predicted octanol–water partition coefficient (Wildman–Crippen LogP) is 4.03. The zero-order valence-corrected chi connectivity index (χ0v) is 14.1. The van der Waals surface area contributed by atoms with Crippen LogP contribution in [0.3, 0.4) is 0 Å². The summed E-state index contributed by atoms with van der Waals surface area (Å²) in [6, 6.07) is 0. The molecule has 2 saturated carbocycles. The van der Waals surface area contributed by atoms with Crippen LogP contribution in [0.4, 0.5) is 0 Å². The highest BCUT2D eigenvalue weighted by molar-refractivity contribution is 4.97. The van der Waals surface area contributed by atoms with E-state index < -0.39 is 0 Å². The van der Waals surface area contributed by atoms with E-state index in [1.165, 1.54) is 38.5 Å². The summed E-state index contributed by atoms with van der Waals surface area (Å²) in [6.07, 6.45) is 16.1. The van der Waals surface area contributed by atoms with Crippen LogP contribution in [0.2, 0.25) is 0 Å². The molecule has 0 N–H and O–H groups in total. The summed E-state index contributed by atoms with van der Waals surface area (Å²) in [5, 5.41) is 0. The second-order valence-corrected chi connectivity index (χ2v) is 7.94. The van der Waals surface area contributed by atoms with E-state index in [4.69, 9.17) is 14.2 Å². The summed E-state index contributed by atoms with van der Waals surface area (Å²) in [5.74, 6) is 1.45. The molecular weight excluding hydrogens is 288 g/mol. The van der Waals surface area contributed by atoms with Gasteiger partial charge < -0.3 is 14.2 Å². The molecule has 0 aromatic heterocycles. The van der Waals surface area contributed by atoms with Gasteiger partial charge in [-0.2, -0.15) is 0 Å². The lowest BCUT2D eigenvalue weighted by atomic mass is 9.84. The van der Waals surface area contributed by atoms with Crippen molar-refractivity contribution in [3.63, 3.8) is 0 Å². The van der Waals surface area contributed by atoms with Crippen molar-refractivity contribution in [1.82, 2.24) is 0 Å². The van der Waals surface area contributed by atoms with Gasteiger partial charge in [0.05, 0.1) is 36.6 Å². The summed E-state index contributed by atoms with van der Waals surface area (Å²) < 4.78 is 17.6. The molecule has 3 heteroatoms. The third-order valence-corrected chi connectivity index (χ3v) is 6.23. The molecule has 8 unspecified atom stereocenters. The number of epoxide rings is 2. The van der Waals surface area contributed by atoms with Crippen LogP contribution < -0.4 is 0 Å². The van der Waals surface area contributed by atoms with Gasteiger partial charge in [0.25, 0.3) is 0 Å². The molecule has 0 aromatic rings. The normalized spacial score (nSPS) is 43.7. The van der Waals surface area contributed by atoms with Gasteiger partial charge in [0.2, 0.25) is 0 Å². The van der Waals surface area contributed by atoms with E-state index in [1.54, 1.807) is 0 Å². The van der Waals surface area contributed by atoms with Gasteiger partial charge in [-0.15, -0.1) is 13.2 Å². The second-order valence-electron chi connectivity index (χ2n) is 7.94. The first-order valence-electron chi connectivity index (χ1n) is 9.46. The Morgan fingerprint density at radius 3 is 1.65 bits per heavy atom. The standard InChI is InChI=1S/C20H30O3/c1-3-15(9-13-5-7-17-19(11-13)22-17)21-16(4-2)10-14-6-8-18-20(12-14)23-18/h3-4,13-20H,1-2,5-12H2. The molecule has 0 aromatic carbocycles. The lowest BCUT2D eigenvalue weighted by molar-refractivity contribution is 0.0110. The Hall–Kier alpha value is -0.640. The maximum Gasteiger partial charge on any atom is 0.0844 e. The van der Waals surface area contributed by atoms with Crippen molar-refractivity contribution in [2.24, 2.45) is 11.8 Å². The summed E-state index contributed by atoms with van der Waals surface area (Å²) in [7, 11) is 0. The van der Waals surface area contributed by atoms with E-state index in [0.29, 0.717) is 24.4 Å². The number of fused-ring (bicyclic) bond motifs is 2. The minimum atomic E-state index is 0.145. The van der Waals surface area contributed by atoms with E-state index in [0.717, 1.165) is 24.7 Å². The highest BCUT2D eigenvalue weighted by Crippen LogP contribution is 2.42. The van der Waals surface area contributed by atoms with Crippen molar-refractivity contribution in [1.29, 1.82) is 0 Å². The van der Waals surface area contributed by atoms with Crippen LogP contribution in [0, 0.1) is 11.8 Å². The topological polar surface area (TPSA) is 34.3 Å². The molecule has 3 nitrogen and oxygen atoms in total. The summed E-state index contributed by atoms with van der Waals surface area (Å²) >= 11 is 0. The van der Waals surface area contributed by atoms with Gasteiger partial charge in [-0.3, -0.25) is 0 Å². The molecule has 2 aliphatic carbocycles. The molecule has 2 aliphatic heterocycles. The first kappa shape index (κ1) is 15.9. The van der Waals surface area contributed by atoms with Gasteiger partial charge in [0, 0.05) is 0 Å². The zero-order chi connectivity index (χ0) is 15.8. The molecule has 128 valence electrons. The average molecular weight is 318 g/mol. The lowest BCUT2D eigenvalue weighted by Crippen LogP contribution is -2.26. The van der Waals surface area contributed by atoms with Gasteiger partial charge in [-0.05, 0) is 63.2 Å². The Morgan fingerprint density at radius 1 is 0.783 bits per heavy atom. The van der Waals surface area contributed by atoms with Crippen molar-refractivity contribution in [3.8, 4) is 0 Å². The van der Waals surface area contributed by atoms with Crippen LogP contribution in [0.15, 0.2) is 25.3 Å². The van der Waals surface area contributed by atoms with E-state index >= 15 is 0 Å². The lowest BCUT2D eigenvalue weighted by Gasteiger charge is -2.28. The fourth-order valence-corrected chi connectivity index (χ4v) is 4.70. The molecule has 4 aliphatic rings. The minimum Gasteiger partial charge on any atom is -0.370 e. The molecule has 0 radical (unpaired) electrons. The maximum atomic E-state index is 6.33. The van der Waals surface area contributed by atoms with Crippen LogP contribution in [0.5, 0.6) is 0 Å². The molecule has 8 atom stereocenters. The monoisotopic (exact) mass is 318 g/mol. The van der Waals surface area contributed by atoms with Gasteiger partial charge in [-0.25, -0.2) is 0 Å². The molecule has 2 saturated heterocycles. The second kappa shape index (κ2) is 6.70. The zero-order valence-electron chi connectivity index (χ0n) is 14.1. The Kier molecular flexibility index (Phi) is 4.62. The Bertz CT molecular complexity index is 408. The van der Waals surface area contributed by atoms with Crippen molar-refractivity contribution < 1.29 is 14.2 Å². The highest BCUT2D eigenvalue weighted by Gasteiger charge is 2.45. The third-order valence-electron chi connectivity index (χ3n) is 6.23. The molecule has 23 heavy (non-hydrogen) atoms. The van der Waals surface area contributed by atoms with Crippen LogP contribution in [0.25, 0.3) is 0 Å². The van der Waals surface area contributed by atoms with Gasteiger partial charge >= 0.3 is 0 Å². The molecule has 0 spiro atoms. The van der Waals surface area contributed by atoms with Crippen LogP contribution >= 0.6 is 0 Å². The van der Waals surface area contributed by atoms with Gasteiger partial charge in [0.1, 0.15) is 0 Å². The number of hydrogen-bond donors (Lipinski definition) is 0. The van der Waals surface area contributed by atoms with Crippen molar-refractivity contribution in [2.45, 2.75) is 88.0 Å². The summed E-state index contributed by atoms with van der Waals surface area (Å²) in [4.78, 5) is 0. The number of ether oxygens (including phenoxy) is 3. The SMILES string of the molecule is C=CC(CC1CCC2OC2C1)OC(C=C)CC1CCC2OC2C1. The Morgan fingerprint density at radius 2 is 1.26 bits per heavy atom. The van der Waals surface area contributed by atoms with Crippen LogP contribution in [0.1, 0.15) is 51.4 Å². The van der Waals surface area contributed by atoms with Crippen molar-refractivity contribution in [2.75, 3.05) is 0 Å². The van der Waals surface area contributed by atoms with E-state index in [2.05, 4.69) is 13.2 Å². The van der Waals surface area contributed by atoms with E-state index in [1.807, 2.05) is 12.2 Å². The number of rotatable bonds is 8. The summed E-state index contributed by atoms with van der Waals surface area (Å²) in [6.45, 7) is 8.00. The highest BCUT2D eigenvalue weighted by atomic mass is 16.6. The molecular formula is C20H30O3. The summed E-state index contributed by atoms with van der Waals surface area (Å²) in [5.41, 5.74) is 0. The fourth-order valence-electron chi connectivity index (χ4n) is 4.70. The molecule has 0 amide bonds. The fraction of sp³-hybridized carbons (Fsp3) is 0.800. The molecule has 4 fully saturated rings. The quantitative estimate of drug-likeness (QED) is 0.500. The average Bonchev–Trinajstić information content (AvgIpc) is 3.46. The number of hydrogen-bond acceptors (Lipinski definition) is 3. The Labute approximate surface area is 140 Å².